The molecule has 2 aliphatic heterocycles. The predicted octanol–water partition coefficient (Wildman–Crippen LogP) is 0.509. The third kappa shape index (κ3) is 3.95. The fraction of sp³-hybridized carbons (Fsp3) is 0.867. The summed E-state index contributed by atoms with van der Waals surface area (Å²) in [5.74, 6) is 0.330. The van der Waals surface area contributed by atoms with Crippen LogP contribution in [0.2, 0.25) is 0 Å². The highest BCUT2D eigenvalue weighted by Gasteiger charge is 2.32. The number of nitrogens with zero attached hydrogens (tertiary/aromatic N) is 2. The first-order chi connectivity index (χ1) is 10.2. The van der Waals surface area contributed by atoms with Gasteiger partial charge in [-0.15, -0.1) is 0 Å². The molecule has 0 radical (unpaired) electrons. The molecule has 2 amide bonds. The summed E-state index contributed by atoms with van der Waals surface area (Å²) in [6.45, 7) is 5.91. The first-order valence-electron chi connectivity index (χ1n) is 7.85. The number of hydrogen-bond acceptors (Lipinski definition) is 4. The number of methoxy groups -OCH3 is 1. The molecule has 6 heteroatoms. The summed E-state index contributed by atoms with van der Waals surface area (Å²) in [6, 6.07) is 0. The highest BCUT2D eigenvalue weighted by molar-refractivity contribution is 5.82. The van der Waals surface area contributed by atoms with Gasteiger partial charge in [-0.3, -0.25) is 9.59 Å². The lowest BCUT2D eigenvalue weighted by atomic mass is 9.94. The summed E-state index contributed by atoms with van der Waals surface area (Å²) < 4.78 is 10.5. The number of amides is 2. The fourth-order valence-corrected chi connectivity index (χ4v) is 3.03. The van der Waals surface area contributed by atoms with E-state index in [1.807, 2.05) is 16.7 Å². The Morgan fingerprint density at radius 2 is 1.76 bits per heavy atom. The summed E-state index contributed by atoms with van der Waals surface area (Å²) in [5, 5.41) is 0. The first-order valence-corrected chi connectivity index (χ1v) is 7.85. The number of morpholine rings is 1. The Morgan fingerprint density at radius 1 is 1.14 bits per heavy atom. The number of carbonyl (C=O) groups excluding carboxylic acids is 2. The van der Waals surface area contributed by atoms with Crippen LogP contribution in [0.15, 0.2) is 0 Å². The van der Waals surface area contributed by atoms with Crippen molar-refractivity contribution < 1.29 is 19.1 Å². The van der Waals surface area contributed by atoms with E-state index in [0.29, 0.717) is 45.8 Å². The number of rotatable bonds is 4. The molecule has 0 bridgehead atoms. The zero-order valence-electron chi connectivity index (χ0n) is 13.0. The van der Waals surface area contributed by atoms with Crippen molar-refractivity contribution in [1.82, 2.24) is 9.80 Å². The van der Waals surface area contributed by atoms with Gasteiger partial charge in [0.05, 0.1) is 13.2 Å². The zero-order chi connectivity index (χ0) is 15.2. The second-order valence-corrected chi connectivity index (χ2v) is 5.67. The Kier molecular flexibility index (Phi) is 5.99. The van der Waals surface area contributed by atoms with Crippen LogP contribution in [0, 0.1) is 5.92 Å². The summed E-state index contributed by atoms with van der Waals surface area (Å²) in [7, 11) is 1.57. The van der Waals surface area contributed by atoms with Crippen LogP contribution in [0.3, 0.4) is 0 Å². The maximum Gasteiger partial charge on any atom is 0.251 e. The van der Waals surface area contributed by atoms with Gasteiger partial charge >= 0.3 is 0 Å². The van der Waals surface area contributed by atoms with E-state index < -0.39 is 0 Å². The van der Waals surface area contributed by atoms with Crippen LogP contribution in [0.4, 0.5) is 0 Å². The highest BCUT2D eigenvalue weighted by atomic mass is 16.5. The van der Waals surface area contributed by atoms with Gasteiger partial charge in [0, 0.05) is 39.2 Å². The molecule has 2 heterocycles. The van der Waals surface area contributed by atoms with Crippen molar-refractivity contribution in [3.63, 3.8) is 0 Å². The molecule has 0 saturated carbocycles. The molecular formula is C15H26N2O4. The molecule has 2 rings (SSSR count). The van der Waals surface area contributed by atoms with E-state index in [1.165, 1.54) is 0 Å². The van der Waals surface area contributed by atoms with E-state index in [9.17, 15) is 9.59 Å². The number of hydrogen-bond donors (Lipinski definition) is 0. The fourth-order valence-electron chi connectivity index (χ4n) is 3.03. The smallest absolute Gasteiger partial charge is 0.251 e. The summed E-state index contributed by atoms with van der Waals surface area (Å²) >= 11 is 0. The Balaban J connectivity index is 1.82. The van der Waals surface area contributed by atoms with E-state index in [0.717, 1.165) is 12.8 Å². The highest BCUT2D eigenvalue weighted by Crippen LogP contribution is 2.21. The summed E-state index contributed by atoms with van der Waals surface area (Å²) in [4.78, 5) is 28.4. The van der Waals surface area contributed by atoms with Crippen LogP contribution in [-0.2, 0) is 19.1 Å². The van der Waals surface area contributed by atoms with Gasteiger partial charge in [-0.25, -0.2) is 0 Å². The van der Waals surface area contributed by atoms with Gasteiger partial charge in [-0.05, 0) is 19.3 Å². The van der Waals surface area contributed by atoms with E-state index in [4.69, 9.17) is 9.47 Å². The van der Waals surface area contributed by atoms with Crippen LogP contribution in [0.1, 0.15) is 26.2 Å². The Hall–Kier alpha value is -1.14. The third-order valence-electron chi connectivity index (χ3n) is 4.41. The van der Waals surface area contributed by atoms with Crippen LogP contribution >= 0.6 is 0 Å². The summed E-state index contributed by atoms with van der Waals surface area (Å²) in [5.41, 5.74) is 0. The van der Waals surface area contributed by atoms with Crippen molar-refractivity contribution in [2.24, 2.45) is 5.92 Å². The van der Waals surface area contributed by atoms with E-state index in [1.54, 1.807) is 7.11 Å². The molecule has 120 valence electrons. The van der Waals surface area contributed by atoms with Crippen molar-refractivity contribution in [3.8, 4) is 0 Å². The lowest BCUT2D eigenvalue weighted by molar-refractivity contribution is -0.148. The van der Waals surface area contributed by atoms with Crippen molar-refractivity contribution >= 4 is 11.8 Å². The Bertz CT molecular complexity index is 357. The van der Waals surface area contributed by atoms with E-state index in [2.05, 4.69) is 0 Å². The minimum atomic E-state index is -0.350. The monoisotopic (exact) mass is 298 g/mol. The Morgan fingerprint density at radius 3 is 2.29 bits per heavy atom. The van der Waals surface area contributed by atoms with Gasteiger partial charge in [-0.1, -0.05) is 6.92 Å². The van der Waals surface area contributed by atoms with Crippen LogP contribution in [-0.4, -0.2) is 74.2 Å². The van der Waals surface area contributed by atoms with Crippen LogP contribution in [0.5, 0.6) is 0 Å². The molecule has 1 atom stereocenters. The van der Waals surface area contributed by atoms with Gasteiger partial charge in [0.25, 0.3) is 5.91 Å². The minimum absolute atomic E-state index is 0.0507. The molecule has 0 aliphatic carbocycles. The van der Waals surface area contributed by atoms with Gasteiger partial charge < -0.3 is 19.3 Å². The normalized spacial score (nSPS) is 22.2. The topological polar surface area (TPSA) is 59.1 Å². The molecule has 0 aromatic carbocycles. The second kappa shape index (κ2) is 7.75. The van der Waals surface area contributed by atoms with Gasteiger partial charge in [0.2, 0.25) is 5.91 Å². The molecule has 0 spiro atoms. The molecule has 0 aromatic rings. The van der Waals surface area contributed by atoms with Crippen molar-refractivity contribution in [2.75, 3.05) is 46.5 Å². The quantitative estimate of drug-likeness (QED) is 0.759. The van der Waals surface area contributed by atoms with Gasteiger partial charge in [0.1, 0.15) is 6.10 Å². The molecule has 0 N–H and O–H groups in total. The summed E-state index contributed by atoms with van der Waals surface area (Å²) in [6.07, 6.45) is 1.84. The number of likely N-dealkylation sites (tertiary alicyclic amines) is 1. The lowest BCUT2D eigenvalue weighted by Crippen LogP contribution is -2.49. The van der Waals surface area contributed by atoms with Crippen LogP contribution < -0.4 is 0 Å². The minimum Gasteiger partial charge on any atom is -0.378 e. The number of ether oxygens (including phenoxy) is 2. The molecule has 2 fully saturated rings. The maximum atomic E-state index is 12.4. The lowest BCUT2D eigenvalue weighted by Gasteiger charge is -2.36. The van der Waals surface area contributed by atoms with Gasteiger partial charge in [-0.2, -0.15) is 0 Å². The molecule has 21 heavy (non-hydrogen) atoms. The molecule has 0 aromatic heterocycles. The third-order valence-corrected chi connectivity index (χ3v) is 4.41. The van der Waals surface area contributed by atoms with E-state index >= 15 is 0 Å². The van der Waals surface area contributed by atoms with Crippen molar-refractivity contribution in [2.45, 2.75) is 32.3 Å². The van der Waals surface area contributed by atoms with Crippen molar-refractivity contribution in [1.29, 1.82) is 0 Å². The molecule has 2 saturated heterocycles. The number of piperidine rings is 1. The average Bonchev–Trinajstić information content (AvgIpc) is 2.56. The molecule has 2 aliphatic rings. The average molecular weight is 298 g/mol. The Labute approximate surface area is 126 Å². The largest absolute Gasteiger partial charge is 0.378 e. The number of carbonyl (C=O) groups is 2. The van der Waals surface area contributed by atoms with Crippen molar-refractivity contribution in [3.05, 3.63) is 0 Å². The zero-order valence-corrected chi connectivity index (χ0v) is 13.0. The second-order valence-electron chi connectivity index (χ2n) is 5.67. The molecular weight excluding hydrogens is 272 g/mol. The first kappa shape index (κ1) is 16.2. The standard InChI is InChI=1S/C15H26N2O4/c1-3-13(20-2)15(19)16-6-4-12(5-7-16)14(18)17-8-10-21-11-9-17/h12-13H,3-11H2,1-2H3. The maximum absolute atomic E-state index is 12.4. The molecule has 6 nitrogen and oxygen atoms in total. The predicted molar refractivity (Wildman–Crippen MR) is 77.8 cm³/mol. The SMILES string of the molecule is CCC(OC)C(=O)N1CCC(C(=O)N2CCOCC2)CC1. The molecule has 1 unspecified atom stereocenters. The van der Waals surface area contributed by atoms with Crippen LogP contribution in [0.25, 0.3) is 0 Å². The van der Waals surface area contributed by atoms with E-state index in [-0.39, 0.29) is 23.8 Å². The van der Waals surface area contributed by atoms with Gasteiger partial charge in [0.15, 0.2) is 0 Å².